The summed E-state index contributed by atoms with van der Waals surface area (Å²) < 4.78 is 0. The van der Waals surface area contributed by atoms with Crippen LogP contribution in [0, 0.1) is 0 Å². The summed E-state index contributed by atoms with van der Waals surface area (Å²) in [6.07, 6.45) is 9.40. The van der Waals surface area contributed by atoms with E-state index in [2.05, 4.69) is 67.8 Å². The fourth-order valence-electron chi connectivity index (χ4n) is 3.15. The molecule has 1 aliphatic carbocycles. The van der Waals surface area contributed by atoms with Crippen molar-refractivity contribution in [3.63, 3.8) is 0 Å². The van der Waals surface area contributed by atoms with Crippen molar-refractivity contribution in [2.45, 2.75) is 63.0 Å². The molecule has 0 aromatic heterocycles. The van der Waals surface area contributed by atoms with Gasteiger partial charge in [0.1, 0.15) is 0 Å². The van der Waals surface area contributed by atoms with Gasteiger partial charge in [0, 0.05) is 16.7 Å². The average molecular weight is 318 g/mol. The van der Waals surface area contributed by atoms with Gasteiger partial charge in [-0.25, -0.2) is 0 Å². The van der Waals surface area contributed by atoms with Crippen LogP contribution in [0.1, 0.15) is 58.4 Å². The molecular weight excluding hydrogens is 286 g/mol. The molecule has 0 amide bonds. The van der Waals surface area contributed by atoms with Gasteiger partial charge >= 0.3 is 0 Å². The minimum absolute atomic E-state index is 0.847. The Balaban J connectivity index is 1.90. The Bertz CT molecular complexity index is 453. The zero-order valence-corrected chi connectivity index (χ0v) is 15.3. The van der Waals surface area contributed by atoms with Gasteiger partial charge in [-0.1, -0.05) is 56.9 Å². The van der Waals surface area contributed by atoms with Gasteiger partial charge in [-0.3, -0.25) is 4.90 Å². The Hall–Kier alpha value is -0.730. The number of hydrogen-bond acceptors (Lipinski definition) is 2. The van der Waals surface area contributed by atoms with Crippen molar-refractivity contribution >= 4 is 17.8 Å². The maximum atomic E-state index is 2.46. The SMILES string of the molecule is CCN(CC)CC(C)=Cc1ccc(SC2CCCCC2)cc1. The number of thioether (sulfide) groups is 1. The van der Waals surface area contributed by atoms with Crippen molar-refractivity contribution < 1.29 is 0 Å². The zero-order chi connectivity index (χ0) is 15.8. The fraction of sp³-hybridized carbons (Fsp3) is 0.600. The van der Waals surface area contributed by atoms with Gasteiger partial charge in [-0.15, -0.1) is 11.8 Å². The average Bonchev–Trinajstić information content (AvgIpc) is 2.55. The van der Waals surface area contributed by atoms with Gasteiger partial charge in [-0.2, -0.15) is 0 Å². The molecule has 2 rings (SSSR count). The van der Waals surface area contributed by atoms with E-state index < -0.39 is 0 Å². The van der Waals surface area contributed by atoms with Crippen molar-refractivity contribution in [1.82, 2.24) is 4.90 Å². The highest BCUT2D eigenvalue weighted by Crippen LogP contribution is 2.33. The van der Waals surface area contributed by atoms with E-state index in [0.29, 0.717) is 0 Å². The number of hydrogen-bond donors (Lipinski definition) is 0. The predicted octanol–water partition coefficient (Wildman–Crippen LogP) is 5.86. The Morgan fingerprint density at radius 2 is 1.73 bits per heavy atom. The van der Waals surface area contributed by atoms with Crippen LogP contribution >= 0.6 is 11.8 Å². The topological polar surface area (TPSA) is 3.24 Å². The van der Waals surface area contributed by atoms with Crippen LogP contribution in [-0.2, 0) is 0 Å². The molecule has 0 heterocycles. The van der Waals surface area contributed by atoms with Gasteiger partial charge in [0.2, 0.25) is 0 Å². The zero-order valence-electron chi connectivity index (χ0n) is 14.5. The molecule has 2 heteroatoms. The van der Waals surface area contributed by atoms with Crippen molar-refractivity contribution in [2.75, 3.05) is 19.6 Å². The monoisotopic (exact) mass is 317 g/mol. The van der Waals surface area contributed by atoms with Gasteiger partial charge in [-0.05, 0) is 50.6 Å². The standard InChI is InChI=1S/C20H31NS/c1-4-21(5-2)16-17(3)15-18-11-13-20(14-12-18)22-19-9-7-6-8-10-19/h11-15,19H,4-10,16H2,1-3H3. The fourth-order valence-corrected chi connectivity index (χ4v) is 4.40. The van der Waals surface area contributed by atoms with Gasteiger partial charge in [0.15, 0.2) is 0 Å². The van der Waals surface area contributed by atoms with Gasteiger partial charge in [0.25, 0.3) is 0 Å². The minimum atomic E-state index is 0.847. The molecular formula is C20H31NS. The maximum Gasteiger partial charge on any atom is 0.0193 e. The first-order valence-corrected chi connectivity index (χ1v) is 9.75. The quantitative estimate of drug-likeness (QED) is 0.620. The molecule has 1 aliphatic rings. The summed E-state index contributed by atoms with van der Waals surface area (Å²) in [6, 6.07) is 9.15. The number of benzene rings is 1. The first kappa shape index (κ1) is 17.6. The highest BCUT2D eigenvalue weighted by Gasteiger charge is 2.14. The minimum Gasteiger partial charge on any atom is -0.300 e. The van der Waals surface area contributed by atoms with Crippen molar-refractivity contribution in [3.8, 4) is 0 Å². The Morgan fingerprint density at radius 3 is 2.32 bits per heavy atom. The summed E-state index contributed by atoms with van der Waals surface area (Å²) in [5.41, 5.74) is 2.77. The third-order valence-corrected chi connectivity index (χ3v) is 5.86. The van der Waals surface area contributed by atoms with Crippen LogP contribution in [0.25, 0.3) is 6.08 Å². The molecule has 1 aromatic carbocycles. The summed E-state index contributed by atoms with van der Waals surface area (Å²) >= 11 is 2.08. The van der Waals surface area contributed by atoms with E-state index in [4.69, 9.17) is 0 Å². The van der Waals surface area contributed by atoms with Gasteiger partial charge < -0.3 is 0 Å². The van der Waals surface area contributed by atoms with Crippen LogP contribution in [0.3, 0.4) is 0 Å². The third-order valence-electron chi connectivity index (χ3n) is 4.52. The van der Waals surface area contributed by atoms with Crippen molar-refractivity contribution in [3.05, 3.63) is 35.4 Å². The van der Waals surface area contributed by atoms with E-state index in [1.807, 2.05) is 0 Å². The summed E-state index contributed by atoms with van der Waals surface area (Å²) in [6.45, 7) is 10.0. The Morgan fingerprint density at radius 1 is 1.09 bits per heavy atom. The maximum absolute atomic E-state index is 2.46. The molecule has 22 heavy (non-hydrogen) atoms. The highest BCUT2D eigenvalue weighted by atomic mass is 32.2. The highest BCUT2D eigenvalue weighted by molar-refractivity contribution is 8.00. The van der Waals surface area contributed by atoms with E-state index in [9.17, 15) is 0 Å². The summed E-state index contributed by atoms with van der Waals surface area (Å²) in [7, 11) is 0. The molecule has 1 nitrogen and oxygen atoms in total. The molecule has 1 saturated carbocycles. The van der Waals surface area contributed by atoms with Crippen LogP contribution in [0.5, 0.6) is 0 Å². The lowest BCUT2D eigenvalue weighted by atomic mass is 10.0. The Kier molecular flexibility index (Phi) is 7.54. The molecule has 1 fully saturated rings. The number of likely N-dealkylation sites (N-methyl/N-ethyl adjacent to an activating group) is 1. The van der Waals surface area contributed by atoms with E-state index in [1.54, 1.807) is 0 Å². The lowest BCUT2D eigenvalue weighted by Gasteiger charge is -2.21. The summed E-state index contributed by atoms with van der Waals surface area (Å²) in [4.78, 5) is 3.89. The van der Waals surface area contributed by atoms with Crippen LogP contribution in [0.4, 0.5) is 0 Å². The lowest BCUT2D eigenvalue weighted by Crippen LogP contribution is -2.24. The van der Waals surface area contributed by atoms with E-state index in [-0.39, 0.29) is 0 Å². The molecule has 0 radical (unpaired) electrons. The normalized spacial score (nSPS) is 17.2. The first-order chi connectivity index (χ1) is 10.7. The second kappa shape index (κ2) is 9.42. The largest absolute Gasteiger partial charge is 0.300 e. The third kappa shape index (κ3) is 5.81. The second-order valence-electron chi connectivity index (χ2n) is 6.40. The van der Waals surface area contributed by atoms with Crippen LogP contribution in [-0.4, -0.2) is 29.8 Å². The second-order valence-corrected chi connectivity index (χ2v) is 7.77. The molecule has 0 bridgehead atoms. The molecule has 0 unspecified atom stereocenters. The van der Waals surface area contributed by atoms with E-state index in [0.717, 1.165) is 24.9 Å². The molecule has 122 valence electrons. The van der Waals surface area contributed by atoms with E-state index in [1.165, 1.54) is 48.1 Å². The molecule has 1 aromatic rings. The lowest BCUT2D eigenvalue weighted by molar-refractivity contribution is 0.330. The number of nitrogens with zero attached hydrogens (tertiary/aromatic N) is 1. The molecule has 0 spiro atoms. The molecule has 0 atom stereocenters. The molecule has 0 N–H and O–H groups in total. The van der Waals surface area contributed by atoms with Crippen LogP contribution in [0.2, 0.25) is 0 Å². The number of rotatable bonds is 7. The van der Waals surface area contributed by atoms with E-state index >= 15 is 0 Å². The van der Waals surface area contributed by atoms with Gasteiger partial charge in [0.05, 0.1) is 0 Å². The van der Waals surface area contributed by atoms with Crippen molar-refractivity contribution in [2.24, 2.45) is 0 Å². The smallest absolute Gasteiger partial charge is 0.0193 e. The van der Waals surface area contributed by atoms with Crippen LogP contribution in [0.15, 0.2) is 34.7 Å². The summed E-state index contributed by atoms with van der Waals surface area (Å²) in [5.74, 6) is 0. The predicted molar refractivity (Wildman–Crippen MR) is 101 cm³/mol. The van der Waals surface area contributed by atoms with Crippen molar-refractivity contribution in [1.29, 1.82) is 0 Å². The Labute approximate surface area is 141 Å². The van der Waals surface area contributed by atoms with Crippen LogP contribution < -0.4 is 0 Å². The molecule has 0 aliphatic heterocycles. The molecule has 0 saturated heterocycles. The first-order valence-electron chi connectivity index (χ1n) is 8.87. The summed E-state index contributed by atoms with van der Waals surface area (Å²) in [5, 5.41) is 0.847.